The van der Waals surface area contributed by atoms with E-state index in [0.717, 1.165) is 18.6 Å². The second-order valence-corrected chi connectivity index (χ2v) is 5.90. The zero-order valence-electron chi connectivity index (χ0n) is 14.6. The molecule has 1 aromatic carbocycles. The van der Waals surface area contributed by atoms with Gasteiger partial charge in [0.2, 0.25) is 0 Å². The van der Waals surface area contributed by atoms with E-state index in [1.807, 2.05) is 12.1 Å². The molecule has 134 valence electrons. The van der Waals surface area contributed by atoms with E-state index in [1.54, 1.807) is 19.2 Å². The van der Waals surface area contributed by atoms with Crippen LogP contribution in [-0.4, -0.2) is 37.9 Å². The van der Waals surface area contributed by atoms with Crippen molar-refractivity contribution in [1.29, 1.82) is 0 Å². The van der Waals surface area contributed by atoms with Gasteiger partial charge in [0.1, 0.15) is 5.75 Å². The van der Waals surface area contributed by atoms with Crippen LogP contribution in [0.5, 0.6) is 5.75 Å². The van der Waals surface area contributed by atoms with Gasteiger partial charge in [-0.2, -0.15) is 0 Å². The third kappa shape index (κ3) is 8.84. The van der Waals surface area contributed by atoms with Gasteiger partial charge in [-0.1, -0.05) is 26.2 Å². The Hall–Kier alpha value is -1.66. The molecule has 0 aromatic heterocycles. The molecule has 0 saturated carbocycles. The highest BCUT2D eigenvalue weighted by atomic mass is 32.1. The van der Waals surface area contributed by atoms with Crippen molar-refractivity contribution in [3.05, 3.63) is 29.8 Å². The normalized spacial score (nSPS) is 10.2. The molecule has 0 unspecified atom stereocenters. The number of hydrogen-bond acceptors (Lipinski definition) is 4. The molecule has 0 bridgehead atoms. The van der Waals surface area contributed by atoms with Gasteiger partial charge in [-0.05, 0) is 49.3 Å². The van der Waals surface area contributed by atoms with Gasteiger partial charge in [-0.15, -0.1) is 0 Å². The lowest BCUT2D eigenvalue weighted by Gasteiger charge is -2.10. The monoisotopic (exact) mass is 352 g/mol. The molecule has 5 nitrogen and oxygen atoms in total. The summed E-state index contributed by atoms with van der Waals surface area (Å²) in [4.78, 5) is 12.1. The Bertz CT molecular complexity index is 492. The van der Waals surface area contributed by atoms with Crippen molar-refractivity contribution in [2.45, 2.75) is 39.0 Å². The number of ether oxygens (including phenoxy) is 2. The van der Waals surface area contributed by atoms with E-state index in [-0.39, 0.29) is 5.91 Å². The molecule has 1 rings (SSSR count). The lowest BCUT2D eigenvalue weighted by Crippen LogP contribution is -2.39. The zero-order chi connectivity index (χ0) is 17.6. The molecule has 0 aliphatic carbocycles. The summed E-state index contributed by atoms with van der Waals surface area (Å²) < 4.78 is 10.6. The van der Waals surface area contributed by atoms with Gasteiger partial charge < -0.3 is 14.8 Å². The van der Waals surface area contributed by atoms with Gasteiger partial charge in [0.25, 0.3) is 5.91 Å². The highest BCUT2D eigenvalue weighted by Crippen LogP contribution is 2.13. The van der Waals surface area contributed by atoms with E-state index < -0.39 is 0 Å². The number of methoxy groups -OCH3 is 1. The molecule has 6 heteroatoms. The summed E-state index contributed by atoms with van der Waals surface area (Å²) in [6, 6.07) is 7.10. The van der Waals surface area contributed by atoms with Crippen LogP contribution in [0, 0.1) is 0 Å². The molecule has 0 saturated heterocycles. The van der Waals surface area contributed by atoms with Crippen LogP contribution in [0.1, 0.15) is 49.4 Å². The third-order valence-electron chi connectivity index (χ3n) is 3.42. The Morgan fingerprint density at radius 2 is 1.83 bits per heavy atom. The summed E-state index contributed by atoms with van der Waals surface area (Å²) in [6.45, 7) is 4.22. The minimum absolute atomic E-state index is 0.228. The minimum atomic E-state index is -0.228. The summed E-state index contributed by atoms with van der Waals surface area (Å²) in [6.07, 6.45) is 5.52. The van der Waals surface area contributed by atoms with Crippen LogP contribution in [0.3, 0.4) is 0 Å². The molecule has 0 radical (unpaired) electrons. The number of nitrogens with one attached hydrogen (secondary N) is 2. The van der Waals surface area contributed by atoms with Crippen LogP contribution in [0.15, 0.2) is 24.3 Å². The largest absolute Gasteiger partial charge is 0.494 e. The average molecular weight is 353 g/mol. The summed E-state index contributed by atoms with van der Waals surface area (Å²) in [5, 5.41) is 5.95. The maximum atomic E-state index is 12.1. The number of thiocarbonyl (C=S) groups is 1. The highest BCUT2D eigenvalue weighted by molar-refractivity contribution is 7.80. The summed E-state index contributed by atoms with van der Waals surface area (Å²) in [5.74, 6) is 0.553. The molecule has 0 heterocycles. The molecule has 0 aliphatic rings. The number of unbranched alkanes of at least 4 members (excludes halogenated alkanes) is 3. The number of carbonyl (C=O) groups is 1. The number of amides is 1. The fraction of sp³-hybridized carbons (Fsp3) is 0.556. The lowest BCUT2D eigenvalue weighted by molar-refractivity contribution is 0.0976. The molecular formula is C18H28N2O3S. The number of rotatable bonds is 11. The average Bonchev–Trinajstić information content (AvgIpc) is 2.59. The maximum Gasteiger partial charge on any atom is 0.257 e. The van der Waals surface area contributed by atoms with Crippen LogP contribution < -0.4 is 15.4 Å². The van der Waals surface area contributed by atoms with E-state index in [1.165, 1.54) is 19.3 Å². The molecule has 1 aromatic rings. The van der Waals surface area contributed by atoms with Crippen molar-refractivity contribution in [3.8, 4) is 5.75 Å². The SMILES string of the molecule is CCCCCCOc1ccc(C(=O)NC(=S)NCCCOC)cc1. The Balaban J connectivity index is 2.31. The first-order valence-corrected chi connectivity index (χ1v) is 8.89. The lowest BCUT2D eigenvalue weighted by atomic mass is 10.2. The number of carbonyl (C=O) groups excluding carboxylic acids is 1. The summed E-state index contributed by atoms with van der Waals surface area (Å²) in [5.41, 5.74) is 0.550. The maximum absolute atomic E-state index is 12.1. The summed E-state index contributed by atoms with van der Waals surface area (Å²) >= 11 is 5.09. The van der Waals surface area contributed by atoms with Crippen LogP contribution in [-0.2, 0) is 4.74 Å². The van der Waals surface area contributed by atoms with Crippen molar-refractivity contribution in [3.63, 3.8) is 0 Å². The number of benzene rings is 1. The predicted octanol–water partition coefficient (Wildman–Crippen LogP) is 3.29. The quantitative estimate of drug-likeness (QED) is 0.473. The first-order valence-electron chi connectivity index (χ1n) is 8.48. The standard InChI is InChI=1S/C18H28N2O3S/c1-3-4-5-6-14-23-16-10-8-15(9-11-16)17(21)20-18(24)19-12-7-13-22-2/h8-11H,3-7,12-14H2,1-2H3,(H2,19,20,21,24). The second-order valence-electron chi connectivity index (χ2n) is 5.49. The van der Waals surface area contributed by atoms with E-state index >= 15 is 0 Å². The Kier molecular flexibility index (Phi) is 10.8. The Morgan fingerprint density at radius 3 is 2.50 bits per heavy atom. The van der Waals surface area contributed by atoms with Crippen molar-refractivity contribution in [2.75, 3.05) is 26.9 Å². The van der Waals surface area contributed by atoms with E-state index in [4.69, 9.17) is 21.7 Å². The molecule has 24 heavy (non-hydrogen) atoms. The van der Waals surface area contributed by atoms with Crippen molar-refractivity contribution in [1.82, 2.24) is 10.6 Å². The molecule has 0 atom stereocenters. The third-order valence-corrected chi connectivity index (χ3v) is 3.67. The first-order chi connectivity index (χ1) is 11.7. The first kappa shape index (κ1) is 20.4. The predicted molar refractivity (Wildman–Crippen MR) is 101 cm³/mol. The second kappa shape index (κ2) is 12.7. The molecule has 1 amide bonds. The highest BCUT2D eigenvalue weighted by Gasteiger charge is 2.07. The van der Waals surface area contributed by atoms with Gasteiger partial charge in [0, 0.05) is 25.8 Å². The van der Waals surface area contributed by atoms with Crippen LogP contribution in [0.4, 0.5) is 0 Å². The van der Waals surface area contributed by atoms with Crippen LogP contribution >= 0.6 is 12.2 Å². The van der Waals surface area contributed by atoms with Crippen LogP contribution in [0.25, 0.3) is 0 Å². The van der Waals surface area contributed by atoms with E-state index in [9.17, 15) is 4.79 Å². The molecule has 2 N–H and O–H groups in total. The Morgan fingerprint density at radius 1 is 1.08 bits per heavy atom. The van der Waals surface area contributed by atoms with E-state index in [2.05, 4.69) is 17.6 Å². The van der Waals surface area contributed by atoms with Gasteiger partial charge in [0.15, 0.2) is 5.11 Å². The fourth-order valence-electron chi connectivity index (χ4n) is 2.06. The van der Waals surface area contributed by atoms with Crippen LogP contribution in [0.2, 0.25) is 0 Å². The number of hydrogen-bond donors (Lipinski definition) is 2. The van der Waals surface area contributed by atoms with Gasteiger partial charge in [0.05, 0.1) is 6.61 Å². The fourth-order valence-corrected chi connectivity index (χ4v) is 2.25. The smallest absolute Gasteiger partial charge is 0.257 e. The molecule has 0 aliphatic heterocycles. The minimum Gasteiger partial charge on any atom is -0.494 e. The van der Waals surface area contributed by atoms with Gasteiger partial charge in [-0.25, -0.2) is 0 Å². The topological polar surface area (TPSA) is 59.6 Å². The van der Waals surface area contributed by atoms with E-state index in [0.29, 0.717) is 30.4 Å². The molecular weight excluding hydrogens is 324 g/mol. The molecule has 0 fully saturated rings. The Labute approximate surface area is 150 Å². The zero-order valence-corrected chi connectivity index (χ0v) is 15.4. The molecule has 0 spiro atoms. The van der Waals surface area contributed by atoms with Crippen molar-refractivity contribution >= 4 is 23.2 Å². The van der Waals surface area contributed by atoms with Crippen molar-refractivity contribution in [2.24, 2.45) is 0 Å². The summed E-state index contributed by atoms with van der Waals surface area (Å²) in [7, 11) is 1.65. The van der Waals surface area contributed by atoms with Crippen molar-refractivity contribution < 1.29 is 14.3 Å². The van der Waals surface area contributed by atoms with Gasteiger partial charge >= 0.3 is 0 Å². The van der Waals surface area contributed by atoms with Gasteiger partial charge in [-0.3, -0.25) is 10.1 Å².